The van der Waals surface area contributed by atoms with Crippen LogP contribution in [-0.2, 0) is 9.47 Å². The molecule has 1 atom stereocenters. The Morgan fingerprint density at radius 1 is 1.43 bits per heavy atom. The summed E-state index contributed by atoms with van der Waals surface area (Å²) in [6.45, 7) is 2.72. The molecular weight excluding hydrogens is 272 g/mol. The second-order valence-corrected chi connectivity index (χ2v) is 5.71. The highest BCUT2D eigenvalue weighted by Gasteiger charge is 2.28. The molecule has 21 heavy (non-hydrogen) atoms. The van der Waals surface area contributed by atoms with Crippen molar-refractivity contribution >= 4 is 5.91 Å². The monoisotopic (exact) mass is 294 g/mol. The Hall–Kier alpha value is -1.40. The smallest absolute Gasteiger partial charge is 0.273 e. The van der Waals surface area contributed by atoms with Gasteiger partial charge in [-0.2, -0.15) is 0 Å². The van der Waals surface area contributed by atoms with Gasteiger partial charge in [-0.3, -0.25) is 4.79 Å². The zero-order valence-corrected chi connectivity index (χ0v) is 12.2. The maximum absolute atomic E-state index is 11.8. The fourth-order valence-electron chi connectivity index (χ4n) is 2.41. The molecule has 1 aromatic heterocycles. The minimum atomic E-state index is -0.176. The normalized spacial score (nSPS) is 21.6. The number of amides is 1. The zero-order valence-electron chi connectivity index (χ0n) is 12.2. The van der Waals surface area contributed by atoms with Gasteiger partial charge in [-0.05, 0) is 32.1 Å². The van der Waals surface area contributed by atoms with Crippen molar-refractivity contribution < 1.29 is 18.8 Å². The Kier molecular flexibility index (Phi) is 4.87. The summed E-state index contributed by atoms with van der Waals surface area (Å²) >= 11 is 0. The molecule has 1 aliphatic heterocycles. The molecule has 0 unspecified atom stereocenters. The number of ether oxygens (including phenoxy) is 2. The summed E-state index contributed by atoms with van der Waals surface area (Å²) in [6.07, 6.45) is 5.54. The molecule has 116 valence electrons. The number of hydrogen-bond donors (Lipinski definition) is 1. The first-order chi connectivity index (χ1) is 10.3. The molecule has 6 heteroatoms. The molecule has 1 N–H and O–H groups in total. The number of carbonyl (C=O) groups excluding carboxylic acids is 1. The van der Waals surface area contributed by atoms with E-state index in [2.05, 4.69) is 10.5 Å². The Morgan fingerprint density at radius 2 is 2.33 bits per heavy atom. The summed E-state index contributed by atoms with van der Waals surface area (Å²) in [5.41, 5.74) is 0.372. The number of rotatable bonds is 8. The molecule has 1 aromatic rings. The highest BCUT2D eigenvalue weighted by molar-refractivity contribution is 5.92. The van der Waals surface area contributed by atoms with Gasteiger partial charge in [-0.1, -0.05) is 5.16 Å². The van der Waals surface area contributed by atoms with Crippen molar-refractivity contribution in [2.75, 3.05) is 26.4 Å². The van der Waals surface area contributed by atoms with Crippen LogP contribution in [0.4, 0.5) is 0 Å². The molecule has 2 fully saturated rings. The Balaban J connectivity index is 1.26. The molecule has 2 aliphatic rings. The van der Waals surface area contributed by atoms with Gasteiger partial charge in [-0.25, -0.2) is 0 Å². The molecule has 3 rings (SSSR count). The van der Waals surface area contributed by atoms with Crippen molar-refractivity contribution in [1.82, 2.24) is 10.5 Å². The summed E-state index contributed by atoms with van der Waals surface area (Å²) in [5, 5.41) is 6.64. The highest BCUT2D eigenvalue weighted by Crippen LogP contribution is 2.40. The van der Waals surface area contributed by atoms with Crippen molar-refractivity contribution in [2.45, 2.75) is 44.1 Å². The van der Waals surface area contributed by atoms with Crippen molar-refractivity contribution in [3.63, 3.8) is 0 Å². The van der Waals surface area contributed by atoms with E-state index in [-0.39, 0.29) is 12.0 Å². The van der Waals surface area contributed by atoms with Gasteiger partial charge < -0.3 is 19.3 Å². The van der Waals surface area contributed by atoms with Crippen molar-refractivity contribution in [3.05, 3.63) is 17.5 Å². The van der Waals surface area contributed by atoms with Crippen molar-refractivity contribution in [3.8, 4) is 0 Å². The second kappa shape index (κ2) is 7.04. The van der Waals surface area contributed by atoms with Crippen LogP contribution in [0.5, 0.6) is 0 Å². The fourth-order valence-corrected chi connectivity index (χ4v) is 2.41. The Morgan fingerprint density at radius 3 is 3.10 bits per heavy atom. The third kappa shape index (κ3) is 4.28. The molecular formula is C15H22N2O4. The maximum atomic E-state index is 11.8. The molecule has 0 aromatic carbocycles. The minimum Gasteiger partial charge on any atom is -0.379 e. The van der Waals surface area contributed by atoms with E-state index in [4.69, 9.17) is 14.0 Å². The first-order valence-corrected chi connectivity index (χ1v) is 7.77. The van der Waals surface area contributed by atoms with Gasteiger partial charge in [0.1, 0.15) is 5.76 Å². The minimum absolute atomic E-state index is 0.176. The lowest BCUT2D eigenvalue weighted by Gasteiger charge is -2.09. The molecule has 1 aliphatic carbocycles. The van der Waals surface area contributed by atoms with Crippen LogP contribution in [0.1, 0.15) is 54.3 Å². The van der Waals surface area contributed by atoms with Gasteiger partial charge in [-0.15, -0.1) is 0 Å². The number of nitrogens with zero attached hydrogens (tertiary/aromatic N) is 1. The standard InChI is InChI=1S/C15H22N2O4/c18-15(13-9-14(21-17-13)11-4-5-11)16-6-2-7-19-10-12-3-1-8-20-12/h9,11-12H,1-8,10H2,(H,16,18)/t12-/m1/s1. The molecule has 6 nitrogen and oxygen atoms in total. The largest absolute Gasteiger partial charge is 0.379 e. The highest BCUT2D eigenvalue weighted by atomic mass is 16.5. The van der Waals surface area contributed by atoms with E-state index in [1.807, 2.05) is 0 Å². The number of nitrogens with one attached hydrogen (secondary N) is 1. The predicted octanol–water partition coefficient (Wildman–Crippen LogP) is 1.87. The maximum Gasteiger partial charge on any atom is 0.273 e. The van der Waals surface area contributed by atoms with Crippen LogP contribution in [0.2, 0.25) is 0 Å². The molecule has 1 saturated carbocycles. The third-order valence-corrected chi connectivity index (χ3v) is 3.82. The van der Waals surface area contributed by atoms with Crippen molar-refractivity contribution in [1.29, 1.82) is 0 Å². The predicted molar refractivity (Wildman–Crippen MR) is 75.2 cm³/mol. The molecule has 0 spiro atoms. The van der Waals surface area contributed by atoms with E-state index in [1.54, 1.807) is 6.07 Å². The Bertz CT molecular complexity index is 464. The van der Waals surface area contributed by atoms with E-state index in [0.29, 0.717) is 31.4 Å². The quantitative estimate of drug-likeness (QED) is 0.741. The summed E-state index contributed by atoms with van der Waals surface area (Å²) in [7, 11) is 0. The first kappa shape index (κ1) is 14.5. The van der Waals surface area contributed by atoms with E-state index >= 15 is 0 Å². The van der Waals surface area contributed by atoms with Crippen LogP contribution >= 0.6 is 0 Å². The van der Waals surface area contributed by atoms with E-state index in [0.717, 1.165) is 44.5 Å². The van der Waals surface area contributed by atoms with Crippen LogP contribution in [0.25, 0.3) is 0 Å². The molecule has 0 bridgehead atoms. The molecule has 2 heterocycles. The lowest BCUT2D eigenvalue weighted by molar-refractivity contribution is 0.0166. The number of carbonyl (C=O) groups is 1. The van der Waals surface area contributed by atoms with Crippen LogP contribution in [-0.4, -0.2) is 43.5 Å². The zero-order chi connectivity index (χ0) is 14.5. The fraction of sp³-hybridized carbons (Fsp3) is 0.733. The first-order valence-electron chi connectivity index (χ1n) is 7.77. The van der Waals surface area contributed by atoms with Crippen molar-refractivity contribution in [2.24, 2.45) is 0 Å². The topological polar surface area (TPSA) is 73.6 Å². The van der Waals surface area contributed by atoms with Gasteiger partial charge in [0.15, 0.2) is 5.69 Å². The van der Waals surface area contributed by atoms with Gasteiger partial charge in [0, 0.05) is 31.7 Å². The van der Waals surface area contributed by atoms with Gasteiger partial charge >= 0.3 is 0 Å². The van der Waals surface area contributed by atoms with E-state index < -0.39 is 0 Å². The second-order valence-electron chi connectivity index (χ2n) is 5.71. The summed E-state index contributed by atoms with van der Waals surface area (Å²) < 4.78 is 16.2. The summed E-state index contributed by atoms with van der Waals surface area (Å²) in [4.78, 5) is 11.8. The third-order valence-electron chi connectivity index (χ3n) is 3.82. The van der Waals surface area contributed by atoms with Gasteiger partial charge in [0.2, 0.25) is 0 Å². The summed E-state index contributed by atoms with van der Waals surface area (Å²) in [5.74, 6) is 1.13. The number of hydrogen-bond acceptors (Lipinski definition) is 5. The molecule has 1 saturated heterocycles. The van der Waals surface area contributed by atoms with Crippen LogP contribution in [0.15, 0.2) is 10.6 Å². The van der Waals surface area contributed by atoms with Gasteiger partial charge in [0.05, 0.1) is 12.7 Å². The average molecular weight is 294 g/mol. The average Bonchev–Trinajstić information content (AvgIpc) is 3.02. The van der Waals surface area contributed by atoms with Crippen LogP contribution in [0, 0.1) is 0 Å². The lowest BCUT2D eigenvalue weighted by Crippen LogP contribution is -2.26. The number of aromatic nitrogens is 1. The lowest BCUT2D eigenvalue weighted by atomic mass is 10.2. The molecule has 1 amide bonds. The van der Waals surface area contributed by atoms with Gasteiger partial charge in [0.25, 0.3) is 5.91 Å². The SMILES string of the molecule is O=C(NCCCOC[C@H]1CCCO1)c1cc(C2CC2)on1. The Labute approximate surface area is 124 Å². The molecule has 0 radical (unpaired) electrons. The van der Waals surface area contributed by atoms with Crippen LogP contribution < -0.4 is 5.32 Å². The van der Waals surface area contributed by atoms with E-state index in [9.17, 15) is 4.79 Å². The van der Waals surface area contributed by atoms with Crippen LogP contribution in [0.3, 0.4) is 0 Å². The van der Waals surface area contributed by atoms with E-state index in [1.165, 1.54) is 0 Å². The summed E-state index contributed by atoms with van der Waals surface area (Å²) in [6, 6.07) is 1.75.